The Hall–Kier alpha value is -2.47. The van der Waals surface area contributed by atoms with Crippen LogP contribution in [0.5, 0.6) is 5.75 Å². The van der Waals surface area contributed by atoms with Crippen molar-refractivity contribution in [3.63, 3.8) is 0 Å². The number of hydrogen-bond acceptors (Lipinski definition) is 5. The maximum absolute atomic E-state index is 10.5. The Balaban J connectivity index is 1.29. The first-order chi connectivity index (χ1) is 16.7. The number of nitrogens with zero attached hydrogens (tertiary/aromatic N) is 1. The van der Waals surface area contributed by atoms with Gasteiger partial charge in [-0.3, -0.25) is 4.98 Å². The highest BCUT2D eigenvalue weighted by atomic mass is 16.5. The molecule has 3 N–H and O–H groups in total. The van der Waals surface area contributed by atoms with Crippen molar-refractivity contribution in [3.05, 3.63) is 70.9 Å². The van der Waals surface area contributed by atoms with Crippen LogP contribution in [0.25, 0.3) is 10.9 Å². The molecule has 1 atom stereocenters. The van der Waals surface area contributed by atoms with Crippen LogP contribution in [0.15, 0.2) is 48.7 Å². The summed E-state index contributed by atoms with van der Waals surface area (Å²) in [6.07, 6.45) is 9.66. The number of aliphatic hydroxyl groups excluding tert-OH is 2. The number of aliphatic hydroxyl groups is 2. The summed E-state index contributed by atoms with van der Waals surface area (Å²) < 4.78 is 5.40. The van der Waals surface area contributed by atoms with E-state index in [4.69, 9.17) is 4.74 Å². The fraction of sp³-hybridized carbons (Fsp3) is 0.483. The number of fused-ring (bicyclic) bond motifs is 1. The second kappa shape index (κ2) is 12.3. The van der Waals surface area contributed by atoms with Crippen LogP contribution in [0.1, 0.15) is 54.4 Å². The molecule has 34 heavy (non-hydrogen) atoms. The fourth-order valence-electron chi connectivity index (χ4n) is 5.15. The Morgan fingerprint density at radius 3 is 2.38 bits per heavy atom. The van der Waals surface area contributed by atoms with Gasteiger partial charge in [-0.05, 0) is 111 Å². The molecule has 1 saturated heterocycles. The van der Waals surface area contributed by atoms with Crippen molar-refractivity contribution >= 4 is 10.9 Å². The van der Waals surface area contributed by atoms with Crippen LogP contribution in [-0.2, 0) is 25.9 Å². The first-order valence-electron chi connectivity index (χ1n) is 12.7. The summed E-state index contributed by atoms with van der Waals surface area (Å²) in [6, 6.07) is 14.9. The van der Waals surface area contributed by atoms with E-state index in [0.29, 0.717) is 5.92 Å². The second-order valence-electron chi connectivity index (χ2n) is 9.52. The van der Waals surface area contributed by atoms with Crippen LogP contribution in [0.2, 0.25) is 0 Å². The average molecular weight is 463 g/mol. The molecule has 3 aromatic rings. The minimum absolute atomic E-state index is 0.00346. The number of aromatic nitrogens is 1. The number of methoxy groups -OCH3 is 1. The van der Waals surface area contributed by atoms with Gasteiger partial charge in [0.1, 0.15) is 5.75 Å². The highest BCUT2D eigenvalue weighted by molar-refractivity contribution is 5.84. The first-order valence-corrected chi connectivity index (χ1v) is 12.7. The molecule has 1 fully saturated rings. The third-order valence-electron chi connectivity index (χ3n) is 7.25. The van der Waals surface area contributed by atoms with Crippen molar-refractivity contribution < 1.29 is 14.9 Å². The molecule has 0 saturated carbocycles. The first kappa shape index (κ1) is 24.6. The SMILES string of the molecule is COc1ccc2ncc(CO)c(CCCc3ccc(CCCC(O)C4CCNCC4)cc3)c2c1. The zero-order chi connectivity index (χ0) is 23.8. The van der Waals surface area contributed by atoms with Crippen LogP contribution >= 0.6 is 0 Å². The minimum Gasteiger partial charge on any atom is -0.497 e. The Morgan fingerprint density at radius 1 is 1.00 bits per heavy atom. The van der Waals surface area contributed by atoms with Crippen LogP contribution in [0, 0.1) is 5.92 Å². The fourth-order valence-corrected chi connectivity index (χ4v) is 5.15. The van der Waals surface area contributed by atoms with Crippen molar-refractivity contribution in [2.45, 2.75) is 64.1 Å². The molecule has 0 aliphatic carbocycles. The van der Waals surface area contributed by atoms with Gasteiger partial charge in [0.25, 0.3) is 0 Å². The standard InChI is InChI=1S/C29H38N2O3/c1-34-25-12-13-28-27(18-25)26(24(20-32)19-31-28)6-2-4-21-8-10-22(11-9-21)5-3-7-29(33)23-14-16-30-17-15-23/h8-13,18-19,23,29-30,32-33H,2-7,14-17,20H2,1H3. The topological polar surface area (TPSA) is 74.6 Å². The molecular formula is C29H38N2O3. The zero-order valence-electron chi connectivity index (χ0n) is 20.3. The van der Waals surface area contributed by atoms with Gasteiger partial charge in [0.15, 0.2) is 0 Å². The monoisotopic (exact) mass is 462 g/mol. The molecule has 5 nitrogen and oxygen atoms in total. The van der Waals surface area contributed by atoms with Gasteiger partial charge in [-0.2, -0.15) is 0 Å². The molecule has 1 aliphatic heterocycles. The maximum atomic E-state index is 10.5. The number of aryl methyl sites for hydroxylation is 3. The Labute approximate surface area is 203 Å². The van der Waals surface area contributed by atoms with E-state index in [-0.39, 0.29) is 12.7 Å². The Bertz CT molecular complexity index is 1040. The largest absolute Gasteiger partial charge is 0.497 e. The number of pyridine rings is 1. The highest BCUT2D eigenvalue weighted by Crippen LogP contribution is 2.27. The second-order valence-corrected chi connectivity index (χ2v) is 9.52. The van der Waals surface area contributed by atoms with E-state index >= 15 is 0 Å². The third kappa shape index (κ3) is 6.35. The molecule has 0 radical (unpaired) electrons. The van der Waals surface area contributed by atoms with E-state index in [1.165, 1.54) is 11.1 Å². The van der Waals surface area contributed by atoms with Crippen molar-refractivity contribution in [2.75, 3.05) is 20.2 Å². The maximum Gasteiger partial charge on any atom is 0.119 e. The lowest BCUT2D eigenvalue weighted by molar-refractivity contribution is 0.0793. The van der Waals surface area contributed by atoms with Crippen molar-refractivity contribution in [1.82, 2.24) is 10.3 Å². The molecule has 5 heteroatoms. The van der Waals surface area contributed by atoms with Crippen LogP contribution in [0.3, 0.4) is 0 Å². The molecule has 2 aromatic carbocycles. The quantitative estimate of drug-likeness (QED) is 0.389. The van der Waals surface area contributed by atoms with E-state index in [0.717, 1.165) is 92.2 Å². The summed E-state index contributed by atoms with van der Waals surface area (Å²) in [6.45, 7) is 2.07. The number of piperidine rings is 1. The number of nitrogens with one attached hydrogen (secondary N) is 1. The van der Waals surface area contributed by atoms with E-state index in [1.54, 1.807) is 13.3 Å². The summed E-state index contributed by atoms with van der Waals surface area (Å²) in [4.78, 5) is 4.49. The smallest absolute Gasteiger partial charge is 0.119 e. The van der Waals surface area contributed by atoms with Gasteiger partial charge in [-0.15, -0.1) is 0 Å². The molecule has 182 valence electrons. The van der Waals surface area contributed by atoms with Gasteiger partial charge in [-0.1, -0.05) is 24.3 Å². The third-order valence-corrected chi connectivity index (χ3v) is 7.25. The van der Waals surface area contributed by atoms with Crippen molar-refractivity contribution in [2.24, 2.45) is 5.92 Å². The van der Waals surface area contributed by atoms with Gasteiger partial charge < -0.3 is 20.3 Å². The minimum atomic E-state index is -0.158. The van der Waals surface area contributed by atoms with E-state index in [9.17, 15) is 10.2 Å². The van der Waals surface area contributed by atoms with E-state index in [1.807, 2.05) is 18.2 Å². The number of benzene rings is 2. The molecule has 0 amide bonds. The van der Waals surface area contributed by atoms with E-state index < -0.39 is 0 Å². The van der Waals surface area contributed by atoms with E-state index in [2.05, 4.69) is 34.6 Å². The number of hydrogen-bond donors (Lipinski definition) is 3. The van der Waals surface area contributed by atoms with Crippen molar-refractivity contribution in [3.8, 4) is 5.75 Å². The van der Waals surface area contributed by atoms with Gasteiger partial charge >= 0.3 is 0 Å². The van der Waals surface area contributed by atoms with Gasteiger partial charge in [0.05, 0.1) is 25.3 Å². The van der Waals surface area contributed by atoms with Crippen LogP contribution in [0.4, 0.5) is 0 Å². The van der Waals surface area contributed by atoms with Crippen LogP contribution < -0.4 is 10.1 Å². The molecule has 1 aromatic heterocycles. The Morgan fingerprint density at radius 2 is 1.71 bits per heavy atom. The molecule has 0 spiro atoms. The van der Waals surface area contributed by atoms with Crippen molar-refractivity contribution in [1.29, 1.82) is 0 Å². The van der Waals surface area contributed by atoms with Gasteiger partial charge in [0, 0.05) is 11.6 Å². The summed E-state index contributed by atoms with van der Waals surface area (Å²) in [5.41, 5.74) is 5.66. The highest BCUT2D eigenvalue weighted by Gasteiger charge is 2.20. The summed E-state index contributed by atoms with van der Waals surface area (Å²) in [7, 11) is 1.67. The van der Waals surface area contributed by atoms with Crippen LogP contribution in [-0.4, -0.2) is 41.5 Å². The predicted molar refractivity (Wildman–Crippen MR) is 137 cm³/mol. The normalized spacial score (nSPS) is 15.5. The average Bonchev–Trinajstić information content (AvgIpc) is 2.89. The number of ether oxygens (including phenoxy) is 1. The lowest BCUT2D eigenvalue weighted by Crippen LogP contribution is -2.34. The molecule has 0 bridgehead atoms. The summed E-state index contributed by atoms with van der Waals surface area (Å²) in [5, 5.41) is 24.7. The summed E-state index contributed by atoms with van der Waals surface area (Å²) >= 11 is 0. The summed E-state index contributed by atoms with van der Waals surface area (Å²) in [5.74, 6) is 1.28. The molecule has 2 heterocycles. The molecular weight excluding hydrogens is 424 g/mol. The molecule has 1 unspecified atom stereocenters. The molecule has 1 aliphatic rings. The number of rotatable bonds is 11. The predicted octanol–water partition coefficient (Wildman–Crippen LogP) is 4.59. The lowest BCUT2D eigenvalue weighted by atomic mass is 9.89. The zero-order valence-corrected chi connectivity index (χ0v) is 20.3. The van der Waals surface area contributed by atoms with Gasteiger partial charge in [0.2, 0.25) is 0 Å². The Kier molecular flexibility index (Phi) is 8.91. The van der Waals surface area contributed by atoms with Gasteiger partial charge in [-0.25, -0.2) is 0 Å². The lowest BCUT2D eigenvalue weighted by Gasteiger charge is -2.27. The molecule has 4 rings (SSSR count).